The Kier molecular flexibility index (Phi) is 8.52. The van der Waals surface area contributed by atoms with Crippen molar-refractivity contribution in [1.82, 2.24) is 20.5 Å². The minimum absolute atomic E-state index is 0.0683. The molecule has 1 unspecified atom stereocenters. The number of nitrogens with zero attached hydrogens (tertiary/aromatic N) is 2. The third kappa shape index (κ3) is 7.03. The number of morpholine rings is 1. The van der Waals surface area contributed by atoms with Gasteiger partial charge in [-0.2, -0.15) is 0 Å². The van der Waals surface area contributed by atoms with Crippen LogP contribution >= 0.6 is 0 Å². The average Bonchev–Trinajstić information content (AvgIpc) is 2.82. The quantitative estimate of drug-likeness (QED) is 0.260. The number of ether oxygens (including phenoxy) is 1. The highest BCUT2D eigenvalue weighted by molar-refractivity contribution is 5.96. The molecule has 1 saturated heterocycles. The van der Waals surface area contributed by atoms with Crippen LogP contribution in [0.25, 0.3) is 0 Å². The summed E-state index contributed by atoms with van der Waals surface area (Å²) in [6.45, 7) is 4.24. The molecule has 10 heteroatoms. The van der Waals surface area contributed by atoms with Crippen molar-refractivity contribution >= 4 is 23.3 Å². The van der Waals surface area contributed by atoms with Crippen molar-refractivity contribution in [2.24, 2.45) is 5.73 Å². The first-order valence-corrected chi connectivity index (χ1v) is 10.5. The standard InChI is InChI=1S/C22H29N7O3/c23-21(24)16-4-3-5-17(14-16)28-20(18-6-1-2-7-25-18)22(31)27-15-19(30)26-8-9-29-10-12-32-13-11-29/h1-7,14,20,28H,8-13,15H2,(H3,23,24)(H,26,30)(H,27,31). The Balaban J connectivity index is 1.56. The molecule has 32 heavy (non-hydrogen) atoms. The summed E-state index contributed by atoms with van der Waals surface area (Å²) in [5, 5.41) is 16.2. The van der Waals surface area contributed by atoms with E-state index in [0.717, 1.165) is 19.6 Å². The number of benzene rings is 1. The summed E-state index contributed by atoms with van der Waals surface area (Å²) in [7, 11) is 0. The summed E-state index contributed by atoms with van der Waals surface area (Å²) in [5.74, 6) is -0.716. The number of nitrogen functional groups attached to an aromatic ring is 1. The first kappa shape index (κ1) is 23.2. The number of nitrogens with two attached hydrogens (primary N) is 1. The first-order valence-electron chi connectivity index (χ1n) is 10.5. The molecule has 0 aliphatic carbocycles. The molecule has 2 amide bonds. The number of amides is 2. The monoisotopic (exact) mass is 439 g/mol. The highest BCUT2D eigenvalue weighted by Gasteiger charge is 2.22. The van der Waals surface area contributed by atoms with Gasteiger partial charge in [0.05, 0.1) is 25.5 Å². The van der Waals surface area contributed by atoms with Crippen molar-refractivity contribution in [2.45, 2.75) is 6.04 Å². The normalized spacial score (nSPS) is 14.9. The van der Waals surface area contributed by atoms with Gasteiger partial charge in [0.1, 0.15) is 11.9 Å². The zero-order chi connectivity index (χ0) is 22.8. The van der Waals surface area contributed by atoms with E-state index < -0.39 is 6.04 Å². The summed E-state index contributed by atoms with van der Waals surface area (Å²) in [4.78, 5) is 31.6. The van der Waals surface area contributed by atoms with Crippen molar-refractivity contribution in [1.29, 1.82) is 5.41 Å². The van der Waals surface area contributed by atoms with Crippen molar-refractivity contribution < 1.29 is 14.3 Å². The third-order valence-electron chi connectivity index (χ3n) is 5.01. The van der Waals surface area contributed by atoms with E-state index in [0.29, 0.717) is 36.7 Å². The molecule has 1 aromatic heterocycles. The lowest BCUT2D eigenvalue weighted by Crippen LogP contribution is -2.44. The molecule has 10 nitrogen and oxygen atoms in total. The van der Waals surface area contributed by atoms with Crippen LogP contribution in [0.4, 0.5) is 5.69 Å². The van der Waals surface area contributed by atoms with Crippen molar-refractivity contribution in [3.63, 3.8) is 0 Å². The molecular formula is C22H29N7O3. The molecular weight excluding hydrogens is 410 g/mol. The van der Waals surface area contributed by atoms with Gasteiger partial charge in [-0.25, -0.2) is 0 Å². The van der Waals surface area contributed by atoms with E-state index in [1.807, 2.05) is 0 Å². The number of hydrogen-bond donors (Lipinski definition) is 5. The summed E-state index contributed by atoms with van der Waals surface area (Å²) in [6, 6.07) is 11.4. The maximum absolute atomic E-state index is 12.9. The third-order valence-corrected chi connectivity index (χ3v) is 5.01. The van der Waals surface area contributed by atoms with Crippen LogP contribution in [0.3, 0.4) is 0 Å². The van der Waals surface area contributed by atoms with Gasteiger partial charge in [-0.05, 0) is 24.3 Å². The molecule has 0 radical (unpaired) electrons. The van der Waals surface area contributed by atoms with Gasteiger partial charge in [-0.15, -0.1) is 0 Å². The number of amidine groups is 1. The van der Waals surface area contributed by atoms with E-state index in [2.05, 4.69) is 25.8 Å². The molecule has 1 aromatic carbocycles. The van der Waals surface area contributed by atoms with Gasteiger partial charge in [0.2, 0.25) is 11.8 Å². The van der Waals surface area contributed by atoms with E-state index in [1.54, 1.807) is 48.7 Å². The van der Waals surface area contributed by atoms with Crippen molar-refractivity contribution in [2.75, 3.05) is 51.3 Å². The topological polar surface area (TPSA) is 145 Å². The Morgan fingerprint density at radius 2 is 1.97 bits per heavy atom. The fourth-order valence-corrected chi connectivity index (χ4v) is 3.27. The van der Waals surface area contributed by atoms with Gasteiger partial charge >= 0.3 is 0 Å². The molecule has 3 rings (SSSR count). The van der Waals surface area contributed by atoms with Gasteiger partial charge in [0.25, 0.3) is 0 Å². The van der Waals surface area contributed by atoms with E-state index >= 15 is 0 Å². The SMILES string of the molecule is N=C(N)c1cccc(NC(C(=O)NCC(=O)NCCN2CCOCC2)c2ccccn2)c1. The zero-order valence-electron chi connectivity index (χ0n) is 17.8. The summed E-state index contributed by atoms with van der Waals surface area (Å²) < 4.78 is 5.31. The number of rotatable bonds is 10. The van der Waals surface area contributed by atoms with Gasteiger partial charge < -0.3 is 26.4 Å². The van der Waals surface area contributed by atoms with E-state index in [-0.39, 0.29) is 24.2 Å². The van der Waals surface area contributed by atoms with Crippen LogP contribution in [0.1, 0.15) is 17.3 Å². The Morgan fingerprint density at radius 1 is 1.16 bits per heavy atom. The molecule has 2 aromatic rings. The smallest absolute Gasteiger partial charge is 0.249 e. The van der Waals surface area contributed by atoms with E-state index in [1.165, 1.54) is 0 Å². The number of anilines is 1. The summed E-state index contributed by atoms with van der Waals surface area (Å²) in [6.07, 6.45) is 1.60. The number of carbonyl (C=O) groups is 2. The van der Waals surface area contributed by atoms with Gasteiger partial charge in [-0.3, -0.25) is 24.9 Å². The number of hydrogen-bond acceptors (Lipinski definition) is 7. The minimum atomic E-state index is -0.820. The van der Waals surface area contributed by atoms with Crippen molar-refractivity contribution in [3.8, 4) is 0 Å². The Hall–Kier alpha value is -3.50. The average molecular weight is 440 g/mol. The second-order valence-electron chi connectivity index (χ2n) is 7.35. The van der Waals surface area contributed by atoms with Gasteiger partial charge in [0, 0.05) is 43.6 Å². The Morgan fingerprint density at radius 3 is 2.69 bits per heavy atom. The summed E-state index contributed by atoms with van der Waals surface area (Å²) >= 11 is 0. The Labute approximate surface area is 187 Å². The fraction of sp³-hybridized carbons (Fsp3) is 0.364. The van der Waals surface area contributed by atoms with Crippen molar-refractivity contribution in [3.05, 3.63) is 59.9 Å². The van der Waals surface area contributed by atoms with Gasteiger partial charge in [-0.1, -0.05) is 18.2 Å². The van der Waals surface area contributed by atoms with Gasteiger partial charge in [0.15, 0.2) is 0 Å². The molecule has 170 valence electrons. The molecule has 1 atom stereocenters. The van der Waals surface area contributed by atoms with Crippen LogP contribution < -0.4 is 21.7 Å². The lowest BCUT2D eigenvalue weighted by Gasteiger charge is -2.26. The molecule has 0 spiro atoms. The van der Waals surface area contributed by atoms with Crippen LogP contribution in [-0.2, 0) is 14.3 Å². The molecule has 1 aliphatic heterocycles. The lowest BCUT2D eigenvalue weighted by atomic mass is 10.1. The number of aromatic nitrogens is 1. The fourth-order valence-electron chi connectivity index (χ4n) is 3.27. The van der Waals surface area contributed by atoms with Crippen LogP contribution in [0.2, 0.25) is 0 Å². The Bertz CT molecular complexity index is 917. The maximum atomic E-state index is 12.9. The molecule has 0 bridgehead atoms. The second kappa shape index (κ2) is 11.8. The molecule has 1 aliphatic rings. The molecule has 6 N–H and O–H groups in total. The van der Waals surface area contributed by atoms with Crippen LogP contribution in [0.5, 0.6) is 0 Å². The largest absolute Gasteiger partial charge is 0.384 e. The highest BCUT2D eigenvalue weighted by Crippen LogP contribution is 2.19. The lowest BCUT2D eigenvalue weighted by molar-refractivity contribution is -0.126. The molecule has 2 heterocycles. The molecule has 1 fully saturated rings. The predicted molar refractivity (Wildman–Crippen MR) is 121 cm³/mol. The second-order valence-corrected chi connectivity index (χ2v) is 7.35. The van der Waals surface area contributed by atoms with Crippen LogP contribution in [0, 0.1) is 5.41 Å². The van der Waals surface area contributed by atoms with Crippen LogP contribution in [-0.4, -0.2) is 73.5 Å². The zero-order valence-corrected chi connectivity index (χ0v) is 17.8. The first-order chi connectivity index (χ1) is 15.5. The van der Waals surface area contributed by atoms with E-state index in [9.17, 15) is 9.59 Å². The number of carbonyl (C=O) groups excluding carboxylic acids is 2. The minimum Gasteiger partial charge on any atom is -0.384 e. The predicted octanol–water partition coefficient (Wildman–Crippen LogP) is 0.0835. The maximum Gasteiger partial charge on any atom is 0.249 e. The summed E-state index contributed by atoms with van der Waals surface area (Å²) in [5.41, 5.74) is 7.22. The van der Waals surface area contributed by atoms with E-state index in [4.69, 9.17) is 15.9 Å². The van der Waals surface area contributed by atoms with Crippen LogP contribution in [0.15, 0.2) is 48.7 Å². The molecule has 0 saturated carbocycles. The number of nitrogens with one attached hydrogen (secondary N) is 4. The number of pyridine rings is 1. The highest BCUT2D eigenvalue weighted by atomic mass is 16.5.